The van der Waals surface area contributed by atoms with Gasteiger partial charge in [0.05, 0.1) is 12.2 Å². The van der Waals surface area contributed by atoms with Crippen LogP contribution in [0.3, 0.4) is 0 Å². The van der Waals surface area contributed by atoms with Crippen molar-refractivity contribution in [2.24, 2.45) is 4.99 Å². The van der Waals surface area contributed by atoms with Crippen LogP contribution in [0.5, 0.6) is 0 Å². The first-order valence-corrected chi connectivity index (χ1v) is 10.5. The predicted molar refractivity (Wildman–Crippen MR) is 130 cm³/mol. The largest absolute Gasteiger partial charge is 0.357 e. The van der Waals surface area contributed by atoms with Crippen LogP contribution in [0.2, 0.25) is 0 Å². The van der Waals surface area contributed by atoms with E-state index in [1.165, 1.54) is 11.6 Å². The third kappa shape index (κ3) is 7.82. The second kappa shape index (κ2) is 12.4. The predicted octanol–water partition coefficient (Wildman–Crippen LogP) is 4.32. The number of pyridine rings is 1. The lowest BCUT2D eigenvalue weighted by Gasteiger charge is -2.33. The van der Waals surface area contributed by atoms with Crippen molar-refractivity contribution in [3.05, 3.63) is 64.1 Å². The highest BCUT2D eigenvalue weighted by molar-refractivity contribution is 14.0. The van der Waals surface area contributed by atoms with Gasteiger partial charge in [0.1, 0.15) is 5.82 Å². The van der Waals surface area contributed by atoms with Crippen molar-refractivity contribution in [2.75, 3.05) is 19.6 Å². The fraction of sp³-hybridized carbons (Fsp3) is 0.429. The van der Waals surface area contributed by atoms with Gasteiger partial charge in [-0.3, -0.25) is 9.88 Å². The number of aromatic nitrogens is 1. The zero-order valence-corrected chi connectivity index (χ0v) is 20.5. The van der Waals surface area contributed by atoms with Crippen LogP contribution in [0, 0.1) is 5.82 Å². The van der Waals surface area contributed by atoms with E-state index in [-0.39, 0.29) is 36.3 Å². The Morgan fingerprint density at radius 1 is 1.24 bits per heavy atom. The molecule has 158 valence electrons. The molecular formula is C21H28BrFIN5. The molecule has 2 N–H and O–H groups in total. The van der Waals surface area contributed by atoms with Gasteiger partial charge in [-0.1, -0.05) is 28.1 Å². The standard InChI is InChI=1S/C21H27BrFN5.HI/c1-2-24-21(26-14-20-19(23)4-3-11-25-20)27-18-9-12-28(13-10-18)15-16-5-7-17(22)8-6-16;/h3-8,11,18H,2,9-10,12-15H2,1H3,(H2,24,26,27);1H. The number of likely N-dealkylation sites (tertiary alicyclic amines) is 1. The first-order chi connectivity index (χ1) is 13.6. The number of hydrogen-bond donors (Lipinski definition) is 2. The summed E-state index contributed by atoms with van der Waals surface area (Å²) in [6, 6.07) is 11.9. The molecule has 5 nitrogen and oxygen atoms in total. The molecule has 3 rings (SSSR count). The van der Waals surface area contributed by atoms with Gasteiger partial charge in [-0.15, -0.1) is 24.0 Å². The molecular weight excluding hydrogens is 548 g/mol. The third-order valence-electron chi connectivity index (χ3n) is 4.81. The van der Waals surface area contributed by atoms with Gasteiger partial charge in [-0.25, -0.2) is 9.38 Å². The van der Waals surface area contributed by atoms with Crippen molar-refractivity contribution in [1.82, 2.24) is 20.5 Å². The van der Waals surface area contributed by atoms with Gasteiger partial charge in [-0.05, 0) is 49.6 Å². The summed E-state index contributed by atoms with van der Waals surface area (Å²) in [4.78, 5) is 11.1. The Morgan fingerprint density at radius 2 is 1.97 bits per heavy atom. The van der Waals surface area contributed by atoms with Gasteiger partial charge >= 0.3 is 0 Å². The van der Waals surface area contributed by atoms with Crippen LogP contribution in [0.15, 0.2) is 52.1 Å². The van der Waals surface area contributed by atoms with Crippen LogP contribution >= 0.6 is 39.9 Å². The van der Waals surface area contributed by atoms with Gasteiger partial charge in [0.15, 0.2) is 5.96 Å². The average molecular weight is 576 g/mol. The zero-order chi connectivity index (χ0) is 19.8. The summed E-state index contributed by atoms with van der Waals surface area (Å²) < 4.78 is 14.9. The minimum Gasteiger partial charge on any atom is -0.357 e. The Morgan fingerprint density at radius 3 is 2.62 bits per heavy atom. The summed E-state index contributed by atoms with van der Waals surface area (Å²) in [5.74, 6) is 0.405. The minimum atomic E-state index is -0.316. The molecule has 1 aromatic carbocycles. The van der Waals surface area contributed by atoms with Crippen molar-refractivity contribution in [3.8, 4) is 0 Å². The number of aliphatic imine (C=N–C) groups is 1. The highest BCUT2D eigenvalue weighted by Crippen LogP contribution is 2.16. The molecule has 29 heavy (non-hydrogen) atoms. The fourth-order valence-corrected chi connectivity index (χ4v) is 3.55. The molecule has 0 unspecified atom stereocenters. The van der Waals surface area contributed by atoms with E-state index in [1.54, 1.807) is 12.3 Å². The Kier molecular flexibility index (Phi) is 10.3. The number of nitrogens with zero attached hydrogens (tertiary/aromatic N) is 3. The summed E-state index contributed by atoms with van der Waals surface area (Å²) in [5.41, 5.74) is 1.70. The van der Waals surface area contributed by atoms with Crippen molar-refractivity contribution >= 4 is 45.9 Å². The van der Waals surface area contributed by atoms with Crippen LogP contribution in [0.25, 0.3) is 0 Å². The smallest absolute Gasteiger partial charge is 0.191 e. The molecule has 8 heteroatoms. The highest BCUT2D eigenvalue weighted by atomic mass is 127. The Balaban J connectivity index is 0.00000300. The van der Waals surface area contributed by atoms with Crippen LogP contribution < -0.4 is 10.6 Å². The lowest BCUT2D eigenvalue weighted by Crippen LogP contribution is -2.48. The first kappa shape index (κ1) is 24.0. The van der Waals surface area contributed by atoms with Gasteiger partial charge < -0.3 is 10.6 Å². The SMILES string of the molecule is CCNC(=NCc1ncccc1F)NC1CCN(Cc2ccc(Br)cc2)CC1.I. The van der Waals surface area contributed by atoms with Crippen molar-refractivity contribution in [3.63, 3.8) is 0 Å². The summed E-state index contributed by atoms with van der Waals surface area (Å²) in [7, 11) is 0. The molecule has 1 aliphatic rings. The molecule has 1 aliphatic heterocycles. The average Bonchev–Trinajstić information content (AvgIpc) is 2.70. The summed E-state index contributed by atoms with van der Waals surface area (Å²) in [6.07, 6.45) is 3.70. The summed E-state index contributed by atoms with van der Waals surface area (Å²) in [5, 5.41) is 6.74. The van der Waals surface area contributed by atoms with E-state index in [2.05, 4.69) is 65.7 Å². The number of piperidine rings is 1. The van der Waals surface area contributed by atoms with E-state index >= 15 is 0 Å². The zero-order valence-electron chi connectivity index (χ0n) is 16.6. The van der Waals surface area contributed by atoms with Gasteiger partial charge in [-0.2, -0.15) is 0 Å². The molecule has 0 amide bonds. The first-order valence-electron chi connectivity index (χ1n) is 9.75. The van der Waals surface area contributed by atoms with Gasteiger partial charge in [0.2, 0.25) is 0 Å². The van der Waals surface area contributed by atoms with Crippen molar-refractivity contribution in [1.29, 1.82) is 0 Å². The Labute approximate surface area is 197 Å². The number of nitrogens with one attached hydrogen (secondary N) is 2. The molecule has 1 saturated heterocycles. The molecule has 2 aromatic rings. The van der Waals surface area contributed by atoms with Crippen LogP contribution in [0.4, 0.5) is 4.39 Å². The number of halogens is 3. The molecule has 0 bridgehead atoms. The Hall–Kier alpha value is -1.26. The molecule has 0 atom stereocenters. The fourth-order valence-electron chi connectivity index (χ4n) is 3.29. The second-order valence-corrected chi connectivity index (χ2v) is 7.86. The molecule has 0 aliphatic carbocycles. The third-order valence-corrected chi connectivity index (χ3v) is 5.34. The van der Waals surface area contributed by atoms with E-state index < -0.39 is 0 Å². The van der Waals surface area contributed by atoms with Crippen LogP contribution in [-0.2, 0) is 13.1 Å². The molecule has 0 radical (unpaired) electrons. The Bertz CT molecular complexity index is 779. The molecule has 1 fully saturated rings. The van der Waals surface area contributed by atoms with E-state index in [0.29, 0.717) is 11.7 Å². The summed E-state index contributed by atoms with van der Waals surface area (Å²) >= 11 is 3.48. The van der Waals surface area contributed by atoms with Crippen molar-refractivity contribution in [2.45, 2.75) is 38.9 Å². The molecule has 1 aromatic heterocycles. The van der Waals surface area contributed by atoms with E-state index in [0.717, 1.165) is 49.5 Å². The van der Waals surface area contributed by atoms with Gasteiger partial charge in [0, 0.05) is 42.9 Å². The normalized spacial score (nSPS) is 15.6. The van der Waals surface area contributed by atoms with Crippen molar-refractivity contribution < 1.29 is 4.39 Å². The monoisotopic (exact) mass is 575 g/mol. The second-order valence-electron chi connectivity index (χ2n) is 6.95. The maximum atomic E-state index is 13.7. The lowest BCUT2D eigenvalue weighted by molar-refractivity contribution is 0.198. The molecule has 0 saturated carbocycles. The highest BCUT2D eigenvalue weighted by Gasteiger charge is 2.20. The number of hydrogen-bond acceptors (Lipinski definition) is 3. The van der Waals surface area contributed by atoms with E-state index in [9.17, 15) is 4.39 Å². The number of guanidine groups is 1. The van der Waals surface area contributed by atoms with Crippen LogP contribution in [0.1, 0.15) is 31.0 Å². The molecule has 2 heterocycles. The molecule has 0 spiro atoms. The van der Waals surface area contributed by atoms with Crippen LogP contribution in [-0.4, -0.2) is 41.5 Å². The topological polar surface area (TPSA) is 52.6 Å². The maximum absolute atomic E-state index is 13.7. The van der Waals surface area contributed by atoms with Gasteiger partial charge in [0.25, 0.3) is 0 Å². The lowest BCUT2D eigenvalue weighted by atomic mass is 10.0. The summed E-state index contributed by atoms with van der Waals surface area (Å²) in [6.45, 7) is 6.08. The van der Waals surface area contributed by atoms with E-state index in [4.69, 9.17) is 0 Å². The minimum absolute atomic E-state index is 0. The maximum Gasteiger partial charge on any atom is 0.191 e. The quantitative estimate of drug-likeness (QED) is 0.306. The number of benzene rings is 1. The van der Waals surface area contributed by atoms with E-state index in [1.807, 2.05) is 6.92 Å². The number of rotatable bonds is 6.